The zero-order chi connectivity index (χ0) is 22.8. The third-order valence-electron chi connectivity index (χ3n) is 6.75. The molecule has 3 heteroatoms. The van der Waals surface area contributed by atoms with Crippen LogP contribution in [0.5, 0.6) is 0 Å². The molecular formula is C30H33N3. The van der Waals surface area contributed by atoms with Crippen LogP contribution in [0.4, 0.5) is 11.4 Å². The molecule has 4 aromatic rings. The summed E-state index contributed by atoms with van der Waals surface area (Å²) in [7, 11) is 0. The number of allylic oxidation sites excluding steroid dienone is 1. The van der Waals surface area contributed by atoms with Crippen molar-refractivity contribution in [3.63, 3.8) is 0 Å². The molecule has 3 nitrogen and oxygen atoms in total. The summed E-state index contributed by atoms with van der Waals surface area (Å²) in [6, 6.07) is 23.9. The molecule has 0 aliphatic heterocycles. The van der Waals surface area contributed by atoms with Crippen molar-refractivity contribution in [1.82, 2.24) is 9.55 Å². The third-order valence-corrected chi connectivity index (χ3v) is 6.75. The number of aromatic nitrogens is 2. The average Bonchev–Trinajstić information content (AvgIpc) is 3.22. The topological polar surface area (TPSA) is 29.9 Å². The van der Waals surface area contributed by atoms with Crippen molar-refractivity contribution in [3.8, 4) is 0 Å². The van der Waals surface area contributed by atoms with Crippen molar-refractivity contribution in [2.75, 3.05) is 5.32 Å². The molecule has 1 unspecified atom stereocenters. The molecule has 1 aliphatic carbocycles. The van der Waals surface area contributed by atoms with Crippen LogP contribution < -0.4 is 5.32 Å². The average molecular weight is 436 g/mol. The first-order valence-electron chi connectivity index (χ1n) is 12.3. The fourth-order valence-corrected chi connectivity index (χ4v) is 5.03. The molecule has 0 bridgehead atoms. The summed E-state index contributed by atoms with van der Waals surface area (Å²) >= 11 is 0. The maximum absolute atomic E-state index is 5.33. The molecule has 1 aromatic heterocycles. The van der Waals surface area contributed by atoms with Gasteiger partial charge in [0.1, 0.15) is 11.3 Å². The van der Waals surface area contributed by atoms with Crippen LogP contribution in [0.2, 0.25) is 0 Å². The van der Waals surface area contributed by atoms with Gasteiger partial charge < -0.3 is 9.88 Å². The molecule has 5 rings (SSSR count). The van der Waals surface area contributed by atoms with E-state index in [0.29, 0.717) is 5.92 Å². The summed E-state index contributed by atoms with van der Waals surface area (Å²) in [5, 5.41) is 3.73. The fraction of sp³-hybridized carbons (Fsp3) is 0.300. The zero-order valence-corrected chi connectivity index (χ0v) is 19.9. The van der Waals surface area contributed by atoms with Gasteiger partial charge in [-0.05, 0) is 53.6 Å². The van der Waals surface area contributed by atoms with E-state index in [-0.39, 0.29) is 5.92 Å². The smallest absolute Gasteiger partial charge is 0.117 e. The van der Waals surface area contributed by atoms with Crippen LogP contribution >= 0.6 is 0 Å². The molecule has 1 N–H and O–H groups in total. The normalized spacial score (nSPS) is 15.2. The number of fused-ring (bicyclic) bond motifs is 2. The van der Waals surface area contributed by atoms with E-state index in [0.717, 1.165) is 36.3 Å². The standard InChI is InChI=1S/C30H33N3/c1-4-5-20-33-28-19-11-18-27(31-26-17-9-8-14-23(26)21(2)3)29(28)32-30(33)25-16-10-13-22-12-6-7-15-24(22)25/h6-15,17-19,21,25,31H,4-5,16,20H2,1-3H3. The Balaban J connectivity index is 1.64. The number of nitrogens with one attached hydrogen (secondary N) is 1. The van der Waals surface area contributed by atoms with Gasteiger partial charge in [0.15, 0.2) is 0 Å². The van der Waals surface area contributed by atoms with Gasteiger partial charge in [-0.25, -0.2) is 4.98 Å². The Kier molecular flexibility index (Phi) is 6.04. The number of unbranched alkanes of at least 4 members (excludes halogenated alkanes) is 1. The minimum atomic E-state index is 0.284. The highest BCUT2D eigenvalue weighted by atomic mass is 15.1. The SMILES string of the molecule is CCCCn1c(C2CC=Cc3ccccc32)nc2c(Nc3ccccc3C(C)C)cccc21. The number of hydrogen-bond acceptors (Lipinski definition) is 2. The molecule has 0 saturated heterocycles. The van der Waals surface area contributed by atoms with Gasteiger partial charge in [0, 0.05) is 18.2 Å². The highest BCUT2D eigenvalue weighted by Crippen LogP contribution is 2.38. The maximum Gasteiger partial charge on any atom is 0.117 e. The lowest BCUT2D eigenvalue weighted by atomic mass is 9.86. The van der Waals surface area contributed by atoms with Crippen molar-refractivity contribution < 1.29 is 0 Å². The van der Waals surface area contributed by atoms with E-state index in [1.807, 2.05) is 0 Å². The molecule has 1 heterocycles. The number of aryl methyl sites for hydroxylation is 1. The van der Waals surface area contributed by atoms with E-state index >= 15 is 0 Å². The zero-order valence-electron chi connectivity index (χ0n) is 19.9. The number of nitrogens with zero attached hydrogens (tertiary/aromatic N) is 2. The van der Waals surface area contributed by atoms with Crippen LogP contribution in [-0.4, -0.2) is 9.55 Å². The van der Waals surface area contributed by atoms with Crippen LogP contribution in [-0.2, 0) is 6.54 Å². The molecule has 1 atom stereocenters. The molecule has 0 fully saturated rings. The second-order valence-corrected chi connectivity index (χ2v) is 9.34. The second kappa shape index (κ2) is 9.27. The molecule has 0 amide bonds. The lowest BCUT2D eigenvalue weighted by molar-refractivity contribution is 0.592. The van der Waals surface area contributed by atoms with Crippen LogP contribution in [0.25, 0.3) is 17.1 Å². The van der Waals surface area contributed by atoms with Gasteiger partial charge in [0.2, 0.25) is 0 Å². The molecule has 33 heavy (non-hydrogen) atoms. The lowest BCUT2D eigenvalue weighted by Crippen LogP contribution is -2.13. The molecular weight excluding hydrogens is 402 g/mol. The third kappa shape index (κ3) is 4.08. The maximum atomic E-state index is 5.33. The monoisotopic (exact) mass is 435 g/mol. The van der Waals surface area contributed by atoms with Gasteiger partial charge in [-0.3, -0.25) is 0 Å². The Morgan fingerprint density at radius 1 is 0.970 bits per heavy atom. The minimum Gasteiger partial charge on any atom is -0.353 e. The van der Waals surface area contributed by atoms with Crippen LogP contribution in [0.1, 0.15) is 74.4 Å². The molecule has 168 valence electrons. The molecule has 3 aromatic carbocycles. The van der Waals surface area contributed by atoms with E-state index in [4.69, 9.17) is 4.98 Å². The quantitative estimate of drug-likeness (QED) is 0.317. The van der Waals surface area contributed by atoms with E-state index in [9.17, 15) is 0 Å². The van der Waals surface area contributed by atoms with Crippen LogP contribution in [0.3, 0.4) is 0 Å². The summed E-state index contributed by atoms with van der Waals surface area (Å²) < 4.78 is 2.47. The summed E-state index contributed by atoms with van der Waals surface area (Å²) in [4.78, 5) is 5.33. The Labute approximate surface area is 197 Å². The fourth-order valence-electron chi connectivity index (χ4n) is 5.03. The predicted molar refractivity (Wildman–Crippen MR) is 140 cm³/mol. The lowest BCUT2D eigenvalue weighted by Gasteiger charge is -2.22. The first-order chi connectivity index (χ1) is 16.2. The number of hydrogen-bond donors (Lipinski definition) is 1. The van der Waals surface area contributed by atoms with Crippen molar-refractivity contribution in [2.24, 2.45) is 0 Å². The molecule has 0 radical (unpaired) electrons. The van der Waals surface area contributed by atoms with Gasteiger partial charge >= 0.3 is 0 Å². The van der Waals surface area contributed by atoms with Crippen LogP contribution in [0.15, 0.2) is 72.8 Å². The first-order valence-corrected chi connectivity index (χ1v) is 12.3. The van der Waals surface area contributed by atoms with Gasteiger partial charge in [-0.2, -0.15) is 0 Å². The summed E-state index contributed by atoms with van der Waals surface area (Å²) in [6.45, 7) is 7.74. The van der Waals surface area contributed by atoms with E-state index in [1.165, 1.54) is 34.5 Å². The number of imidazole rings is 1. The Morgan fingerprint density at radius 2 is 1.76 bits per heavy atom. The number of anilines is 2. The highest BCUT2D eigenvalue weighted by molar-refractivity contribution is 5.91. The Bertz CT molecular complexity index is 1300. The van der Waals surface area contributed by atoms with Gasteiger partial charge in [0.25, 0.3) is 0 Å². The van der Waals surface area contributed by atoms with Gasteiger partial charge in [-0.1, -0.05) is 87.9 Å². The molecule has 1 aliphatic rings. The Hall–Kier alpha value is -3.33. The van der Waals surface area contributed by atoms with E-state index < -0.39 is 0 Å². The first kappa shape index (κ1) is 21.5. The minimum absolute atomic E-state index is 0.284. The van der Waals surface area contributed by atoms with Crippen LogP contribution in [0, 0.1) is 0 Å². The van der Waals surface area contributed by atoms with Crippen molar-refractivity contribution in [2.45, 2.75) is 58.4 Å². The summed E-state index contributed by atoms with van der Waals surface area (Å²) in [5.41, 5.74) is 8.55. The molecule has 0 spiro atoms. The van der Waals surface area contributed by atoms with E-state index in [2.05, 4.69) is 110 Å². The number of benzene rings is 3. The number of para-hydroxylation sites is 2. The van der Waals surface area contributed by atoms with E-state index in [1.54, 1.807) is 0 Å². The highest BCUT2D eigenvalue weighted by Gasteiger charge is 2.25. The van der Waals surface area contributed by atoms with Gasteiger partial charge in [-0.15, -0.1) is 0 Å². The second-order valence-electron chi connectivity index (χ2n) is 9.34. The number of rotatable bonds is 7. The van der Waals surface area contributed by atoms with Crippen molar-refractivity contribution in [3.05, 3.63) is 95.3 Å². The summed E-state index contributed by atoms with van der Waals surface area (Å²) in [5.74, 6) is 1.92. The van der Waals surface area contributed by atoms with Crippen molar-refractivity contribution >= 4 is 28.5 Å². The van der Waals surface area contributed by atoms with Gasteiger partial charge in [0.05, 0.1) is 11.2 Å². The Morgan fingerprint density at radius 3 is 2.61 bits per heavy atom. The summed E-state index contributed by atoms with van der Waals surface area (Å²) in [6.07, 6.45) is 7.86. The molecule has 0 saturated carbocycles. The predicted octanol–water partition coefficient (Wildman–Crippen LogP) is 8.25. The van der Waals surface area contributed by atoms with Crippen molar-refractivity contribution in [1.29, 1.82) is 0 Å². The largest absolute Gasteiger partial charge is 0.353 e.